The van der Waals surface area contributed by atoms with E-state index in [0.717, 1.165) is 17.6 Å². The lowest BCUT2D eigenvalue weighted by Crippen LogP contribution is -2.27. The van der Waals surface area contributed by atoms with Crippen molar-refractivity contribution in [2.75, 3.05) is 19.5 Å². The van der Waals surface area contributed by atoms with Crippen LogP contribution in [-0.2, 0) is 4.79 Å². The Hall–Kier alpha value is -2.87. The molecule has 2 rings (SSSR count). The maximum absolute atomic E-state index is 12.5. The maximum atomic E-state index is 12.5. The van der Waals surface area contributed by atoms with Crippen LogP contribution < -0.4 is 20.1 Å². The Morgan fingerprint density at radius 1 is 1.32 bits per heavy atom. The lowest BCUT2D eigenvalue weighted by Gasteiger charge is -2.15. The topological polar surface area (TPSA) is 89.6 Å². The average molecular weight is 361 g/mol. The van der Waals surface area contributed by atoms with Gasteiger partial charge in [0.1, 0.15) is 0 Å². The number of hydrogen-bond acceptors (Lipinski definition) is 6. The second-order valence-corrected chi connectivity index (χ2v) is 5.80. The van der Waals surface area contributed by atoms with Crippen molar-refractivity contribution in [1.29, 1.82) is 0 Å². The number of methoxy groups -OCH3 is 2. The molecular formula is C17H19N3O4S. The molecule has 1 aromatic carbocycles. The number of carbonyl (C=O) groups is 2. The zero-order valence-corrected chi connectivity index (χ0v) is 15.0. The highest BCUT2D eigenvalue weighted by atomic mass is 32.1. The van der Waals surface area contributed by atoms with Crippen LogP contribution in [0.1, 0.15) is 28.9 Å². The van der Waals surface area contributed by atoms with Gasteiger partial charge in [0.2, 0.25) is 16.9 Å². The van der Waals surface area contributed by atoms with Gasteiger partial charge in [-0.3, -0.25) is 9.59 Å². The standard InChI is InChI=1S/C17H19N3O4S/c1-5-13(21)19-12-8-6-7-11(9-12)15(22)18-10(2)14-16(23-3)20-25-17(14)24-4/h5-10H,1H2,2-4H3,(H,18,22)(H,19,21). The van der Waals surface area contributed by atoms with Crippen LogP contribution in [-0.4, -0.2) is 30.4 Å². The van der Waals surface area contributed by atoms with E-state index < -0.39 is 0 Å². The number of aromatic nitrogens is 1. The number of carbonyl (C=O) groups excluding carboxylic acids is 2. The van der Waals surface area contributed by atoms with Crippen molar-refractivity contribution < 1.29 is 19.1 Å². The lowest BCUT2D eigenvalue weighted by molar-refractivity contribution is -0.111. The minimum absolute atomic E-state index is 0.294. The summed E-state index contributed by atoms with van der Waals surface area (Å²) in [7, 11) is 3.05. The Morgan fingerprint density at radius 3 is 2.72 bits per heavy atom. The fourth-order valence-corrected chi connectivity index (χ4v) is 2.98. The largest absolute Gasteiger partial charge is 0.486 e. The molecule has 0 spiro atoms. The summed E-state index contributed by atoms with van der Waals surface area (Å²) in [4.78, 5) is 23.9. The van der Waals surface area contributed by atoms with Gasteiger partial charge in [-0.15, -0.1) is 0 Å². The average Bonchev–Trinajstić information content (AvgIpc) is 3.05. The first-order valence-electron chi connectivity index (χ1n) is 7.42. The van der Waals surface area contributed by atoms with E-state index in [1.807, 2.05) is 6.92 Å². The molecule has 0 saturated heterocycles. The number of anilines is 1. The van der Waals surface area contributed by atoms with Gasteiger partial charge >= 0.3 is 0 Å². The molecule has 0 aliphatic heterocycles. The Bertz CT molecular complexity index is 766. The first kappa shape index (κ1) is 18.5. The fourth-order valence-electron chi connectivity index (χ4n) is 2.21. The third-order valence-corrected chi connectivity index (χ3v) is 4.21. The highest BCUT2D eigenvalue weighted by molar-refractivity contribution is 7.08. The zero-order valence-electron chi connectivity index (χ0n) is 14.2. The smallest absolute Gasteiger partial charge is 0.251 e. The highest BCUT2D eigenvalue weighted by Crippen LogP contribution is 2.37. The second kappa shape index (κ2) is 8.29. The van der Waals surface area contributed by atoms with E-state index in [1.54, 1.807) is 24.3 Å². The molecule has 7 nitrogen and oxygen atoms in total. The number of benzene rings is 1. The monoisotopic (exact) mass is 361 g/mol. The number of hydrogen-bond donors (Lipinski definition) is 2. The van der Waals surface area contributed by atoms with Crippen LogP contribution >= 0.6 is 11.5 Å². The van der Waals surface area contributed by atoms with Gasteiger partial charge in [0.15, 0.2) is 0 Å². The summed E-state index contributed by atoms with van der Waals surface area (Å²) in [5.41, 5.74) is 1.60. The van der Waals surface area contributed by atoms with Crippen LogP contribution in [0.4, 0.5) is 5.69 Å². The maximum Gasteiger partial charge on any atom is 0.251 e. The van der Waals surface area contributed by atoms with Crippen molar-refractivity contribution in [3.05, 3.63) is 48.0 Å². The van der Waals surface area contributed by atoms with Gasteiger partial charge in [-0.05, 0) is 31.2 Å². The van der Waals surface area contributed by atoms with Crippen LogP contribution in [0.3, 0.4) is 0 Å². The van der Waals surface area contributed by atoms with Gasteiger partial charge in [0, 0.05) is 22.8 Å². The molecule has 0 bridgehead atoms. The first-order chi connectivity index (χ1) is 12.0. The summed E-state index contributed by atoms with van der Waals surface area (Å²) in [6.07, 6.45) is 1.16. The molecule has 0 saturated carbocycles. The van der Waals surface area contributed by atoms with Gasteiger partial charge in [-0.2, -0.15) is 4.37 Å². The summed E-state index contributed by atoms with van der Waals surface area (Å²) in [5.74, 6) is -0.219. The normalized spacial score (nSPS) is 11.3. The fraction of sp³-hybridized carbons (Fsp3) is 0.235. The molecule has 132 valence electrons. The van der Waals surface area contributed by atoms with E-state index in [-0.39, 0.29) is 17.9 Å². The molecule has 0 aliphatic rings. The summed E-state index contributed by atoms with van der Waals surface area (Å²) in [6.45, 7) is 5.21. The van der Waals surface area contributed by atoms with Crippen LogP contribution in [0, 0.1) is 0 Å². The van der Waals surface area contributed by atoms with Crippen molar-refractivity contribution in [2.45, 2.75) is 13.0 Å². The summed E-state index contributed by atoms with van der Waals surface area (Å²) in [5, 5.41) is 6.08. The lowest BCUT2D eigenvalue weighted by atomic mass is 10.1. The van der Waals surface area contributed by atoms with E-state index in [9.17, 15) is 9.59 Å². The Balaban J connectivity index is 2.17. The molecule has 1 aromatic heterocycles. The quantitative estimate of drug-likeness (QED) is 0.740. The third-order valence-electron chi connectivity index (χ3n) is 3.40. The van der Waals surface area contributed by atoms with Gasteiger partial charge in [0.05, 0.1) is 25.8 Å². The summed E-state index contributed by atoms with van der Waals surface area (Å²) in [6, 6.07) is 6.25. The Morgan fingerprint density at radius 2 is 2.08 bits per heavy atom. The summed E-state index contributed by atoms with van der Waals surface area (Å²) < 4.78 is 14.7. The molecule has 1 atom stereocenters. The Labute approximate surface area is 149 Å². The van der Waals surface area contributed by atoms with Gasteiger partial charge in [-0.25, -0.2) is 0 Å². The number of ether oxygens (including phenoxy) is 2. The van der Waals surface area contributed by atoms with Crippen LogP contribution in [0.15, 0.2) is 36.9 Å². The van der Waals surface area contributed by atoms with Crippen molar-refractivity contribution >= 4 is 29.0 Å². The van der Waals surface area contributed by atoms with Crippen molar-refractivity contribution in [2.24, 2.45) is 0 Å². The van der Waals surface area contributed by atoms with Crippen LogP contribution in [0.25, 0.3) is 0 Å². The molecule has 8 heteroatoms. The van der Waals surface area contributed by atoms with Crippen molar-refractivity contribution in [1.82, 2.24) is 9.69 Å². The number of nitrogens with zero attached hydrogens (tertiary/aromatic N) is 1. The molecular weight excluding hydrogens is 342 g/mol. The number of rotatable bonds is 7. The van der Waals surface area contributed by atoms with E-state index in [0.29, 0.717) is 27.8 Å². The van der Waals surface area contributed by atoms with E-state index in [4.69, 9.17) is 9.47 Å². The van der Waals surface area contributed by atoms with E-state index in [1.165, 1.54) is 14.2 Å². The van der Waals surface area contributed by atoms with Crippen LogP contribution in [0.2, 0.25) is 0 Å². The molecule has 1 unspecified atom stereocenters. The predicted molar refractivity (Wildman–Crippen MR) is 96.4 cm³/mol. The van der Waals surface area contributed by atoms with Gasteiger partial charge < -0.3 is 20.1 Å². The highest BCUT2D eigenvalue weighted by Gasteiger charge is 2.23. The van der Waals surface area contributed by atoms with Crippen molar-refractivity contribution in [3.63, 3.8) is 0 Å². The molecule has 2 aromatic rings. The van der Waals surface area contributed by atoms with Crippen molar-refractivity contribution in [3.8, 4) is 10.9 Å². The molecule has 1 heterocycles. The second-order valence-electron chi connectivity index (χ2n) is 5.07. The van der Waals surface area contributed by atoms with Gasteiger partial charge in [0.25, 0.3) is 5.91 Å². The predicted octanol–water partition coefficient (Wildman–Crippen LogP) is 2.78. The molecule has 2 amide bonds. The molecule has 25 heavy (non-hydrogen) atoms. The molecule has 0 fully saturated rings. The first-order valence-corrected chi connectivity index (χ1v) is 8.19. The Kier molecular flexibility index (Phi) is 6.13. The SMILES string of the molecule is C=CC(=O)Nc1cccc(C(=O)NC(C)c2c(OC)nsc2OC)c1. The summed E-state index contributed by atoms with van der Waals surface area (Å²) >= 11 is 1.16. The van der Waals surface area contributed by atoms with E-state index in [2.05, 4.69) is 21.6 Å². The number of amides is 2. The third kappa shape index (κ3) is 4.36. The minimum Gasteiger partial charge on any atom is -0.486 e. The number of nitrogens with one attached hydrogen (secondary N) is 2. The van der Waals surface area contributed by atoms with Gasteiger partial charge in [-0.1, -0.05) is 12.6 Å². The zero-order chi connectivity index (χ0) is 18.4. The van der Waals surface area contributed by atoms with E-state index >= 15 is 0 Å². The molecule has 0 radical (unpaired) electrons. The minimum atomic E-state index is -0.373. The van der Waals surface area contributed by atoms with Crippen LogP contribution in [0.5, 0.6) is 10.9 Å². The molecule has 0 aliphatic carbocycles. The molecule has 2 N–H and O–H groups in total.